The van der Waals surface area contributed by atoms with E-state index in [2.05, 4.69) is 22.3 Å². The predicted octanol–water partition coefficient (Wildman–Crippen LogP) is 4.07. The third-order valence-electron chi connectivity index (χ3n) is 11.5. The lowest BCUT2D eigenvalue weighted by atomic mass is 9.79. The highest BCUT2D eigenvalue weighted by Crippen LogP contribution is 2.44. The molecule has 3 aromatic rings. The molecule has 5 aliphatic rings. The molecule has 0 spiro atoms. The van der Waals surface area contributed by atoms with Crippen LogP contribution >= 0.6 is 0 Å². The number of phenols is 1. The van der Waals surface area contributed by atoms with E-state index in [1.807, 2.05) is 0 Å². The maximum Gasteiger partial charge on any atom is 0.318 e. The minimum atomic E-state index is -0.619. The van der Waals surface area contributed by atoms with Crippen LogP contribution in [0.4, 0.5) is 10.2 Å². The third-order valence-corrected chi connectivity index (χ3v) is 11.5. The zero-order valence-corrected chi connectivity index (χ0v) is 26.5. The summed E-state index contributed by atoms with van der Waals surface area (Å²) in [5.41, 5.74) is 2.93. The van der Waals surface area contributed by atoms with E-state index >= 15 is 0 Å². The van der Waals surface area contributed by atoms with Gasteiger partial charge >= 0.3 is 6.01 Å². The Bertz CT molecular complexity index is 1810. The van der Waals surface area contributed by atoms with E-state index < -0.39 is 11.9 Å². The topological polar surface area (TPSA) is 102 Å². The van der Waals surface area contributed by atoms with Crippen molar-refractivity contribution in [1.29, 1.82) is 0 Å². The highest BCUT2D eigenvalue weighted by molar-refractivity contribution is 5.93. The highest BCUT2D eigenvalue weighted by atomic mass is 19.1. The summed E-state index contributed by atoms with van der Waals surface area (Å²) in [6, 6.07) is 6.16. The normalized spacial score (nSPS) is 26.2. The molecule has 1 amide bonds. The third kappa shape index (κ3) is 4.94. The molecule has 4 atom stereocenters. The number of rotatable bonds is 6. The van der Waals surface area contributed by atoms with Crippen molar-refractivity contribution in [2.45, 2.75) is 81.0 Å². The van der Waals surface area contributed by atoms with Crippen molar-refractivity contribution >= 4 is 22.5 Å². The van der Waals surface area contributed by atoms with Crippen LogP contribution in [0.5, 0.6) is 11.8 Å². The summed E-state index contributed by atoms with van der Waals surface area (Å²) < 4.78 is 21.4. The van der Waals surface area contributed by atoms with E-state index in [0.29, 0.717) is 55.7 Å². The number of phenolic OH excluding ortho intramolecular Hbond substituents is 1. The number of ether oxygens (including phenoxy) is 1. The zero-order chi connectivity index (χ0) is 32.4. The number of nitrogens with zero attached hydrogens (tertiary/aromatic N) is 5. The molecule has 2 N–H and O–H groups in total. The molecule has 4 saturated heterocycles. The van der Waals surface area contributed by atoms with E-state index in [-0.39, 0.29) is 40.8 Å². The smallest absolute Gasteiger partial charge is 0.318 e. The Labute approximate surface area is 274 Å². The fourth-order valence-corrected chi connectivity index (χ4v) is 9.30. The first-order chi connectivity index (χ1) is 22.8. The van der Waals surface area contributed by atoms with Gasteiger partial charge in [-0.25, -0.2) is 4.39 Å². The summed E-state index contributed by atoms with van der Waals surface area (Å²) in [4.78, 5) is 29.3. The molecule has 10 heteroatoms. The molecule has 47 heavy (non-hydrogen) atoms. The fraction of sp³-hybridized carbons (Fsp3) is 0.486. The van der Waals surface area contributed by atoms with E-state index in [1.54, 1.807) is 23.1 Å². The molecule has 5 heterocycles. The summed E-state index contributed by atoms with van der Waals surface area (Å²) in [5, 5.41) is 22.9. The Morgan fingerprint density at radius 3 is 2.77 bits per heavy atom. The van der Waals surface area contributed by atoms with E-state index in [9.17, 15) is 19.4 Å². The molecule has 4 aliphatic heterocycles. The van der Waals surface area contributed by atoms with Crippen LogP contribution in [0.15, 0.2) is 36.9 Å². The van der Waals surface area contributed by atoms with Gasteiger partial charge in [0.15, 0.2) is 0 Å². The maximum atomic E-state index is 14.9. The van der Waals surface area contributed by atoms with Crippen molar-refractivity contribution in [1.82, 2.24) is 19.8 Å². The second-order valence-electron chi connectivity index (χ2n) is 14.0. The number of aliphatic hydroxyl groups is 1. The first kappa shape index (κ1) is 30.2. The van der Waals surface area contributed by atoms with Gasteiger partial charge < -0.3 is 24.7 Å². The second kappa shape index (κ2) is 11.5. The number of halogens is 1. The summed E-state index contributed by atoms with van der Waals surface area (Å²) in [5.74, 6) is 2.76. The molecule has 2 bridgehead atoms. The average molecular weight is 638 g/mol. The minimum Gasteiger partial charge on any atom is -0.508 e. The number of benzene rings is 2. The van der Waals surface area contributed by atoms with Crippen LogP contribution in [0.25, 0.3) is 10.8 Å². The Hall–Kier alpha value is -4.20. The Balaban J connectivity index is 1.17. The summed E-state index contributed by atoms with van der Waals surface area (Å²) in [7, 11) is 0. The molecule has 4 fully saturated rings. The van der Waals surface area contributed by atoms with Crippen LogP contribution in [-0.4, -0.2) is 92.4 Å². The van der Waals surface area contributed by atoms with Gasteiger partial charge in [0.1, 0.15) is 24.0 Å². The van der Waals surface area contributed by atoms with Crippen molar-refractivity contribution in [2.75, 3.05) is 37.7 Å². The quantitative estimate of drug-likeness (QED) is 0.308. The number of carbonyl (C=O) groups excluding carboxylic acids is 1. The van der Waals surface area contributed by atoms with Crippen molar-refractivity contribution in [3.05, 3.63) is 65.1 Å². The zero-order valence-electron chi connectivity index (χ0n) is 26.5. The minimum absolute atomic E-state index is 0.0258. The number of amides is 1. The molecule has 8 rings (SSSR count). The lowest BCUT2D eigenvalue weighted by molar-refractivity contribution is -0.130. The van der Waals surface area contributed by atoms with E-state index in [4.69, 9.17) is 21.1 Å². The standard InChI is InChI=1S/C37H40FN5O4/c1-3-26-29(38)10-8-23-15-25(44)18-28(34(23)26)22-7-9-27-30(16-22)39-36(47-21-37-11-5-13-42(37)14-6-12-37)40-35(27)41-19-24-17-32(45)31(20-41)43(24)33(46)4-2/h1,4,8,10,15,18,22,24,31-32,44-45H,2,5-7,9,11-14,16-17,19-21H2/t22-,24+,31+,32-/m1/s1. The van der Waals surface area contributed by atoms with Gasteiger partial charge in [0.2, 0.25) is 5.91 Å². The number of piperazine rings is 1. The molecule has 0 saturated carbocycles. The van der Waals surface area contributed by atoms with Gasteiger partial charge in [-0.05, 0) is 106 Å². The van der Waals surface area contributed by atoms with Crippen LogP contribution in [0.3, 0.4) is 0 Å². The van der Waals surface area contributed by atoms with Crippen LogP contribution in [0.1, 0.15) is 66.8 Å². The van der Waals surface area contributed by atoms with Gasteiger partial charge in [0.05, 0.1) is 35.0 Å². The van der Waals surface area contributed by atoms with Gasteiger partial charge in [0, 0.05) is 24.0 Å². The van der Waals surface area contributed by atoms with Crippen molar-refractivity contribution in [3.8, 4) is 24.1 Å². The summed E-state index contributed by atoms with van der Waals surface area (Å²) >= 11 is 0. The molecule has 244 valence electrons. The summed E-state index contributed by atoms with van der Waals surface area (Å²) in [6.07, 6.45) is 13.5. The number of aromatic nitrogens is 2. The van der Waals surface area contributed by atoms with Gasteiger partial charge in [-0.1, -0.05) is 18.6 Å². The molecule has 0 radical (unpaired) electrons. The number of aliphatic hydroxyl groups excluding tert-OH is 1. The number of fused-ring (bicyclic) bond motifs is 5. The molecular formula is C37H40FN5O4. The van der Waals surface area contributed by atoms with Gasteiger partial charge in [0.25, 0.3) is 0 Å². The molecule has 9 nitrogen and oxygen atoms in total. The number of terminal acetylenes is 1. The molecule has 0 unspecified atom stereocenters. The summed E-state index contributed by atoms with van der Waals surface area (Å²) in [6.45, 7) is 7.39. The Morgan fingerprint density at radius 2 is 2.02 bits per heavy atom. The second-order valence-corrected chi connectivity index (χ2v) is 14.0. The van der Waals surface area contributed by atoms with Crippen LogP contribution in [-0.2, 0) is 17.6 Å². The van der Waals surface area contributed by atoms with Gasteiger partial charge in [-0.3, -0.25) is 9.69 Å². The van der Waals surface area contributed by atoms with E-state index in [1.165, 1.54) is 12.1 Å². The van der Waals surface area contributed by atoms with Crippen molar-refractivity contribution < 1.29 is 24.1 Å². The van der Waals surface area contributed by atoms with Crippen molar-refractivity contribution in [3.63, 3.8) is 0 Å². The predicted molar refractivity (Wildman–Crippen MR) is 176 cm³/mol. The van der Waals surface area contributed by atoms with E-state index in [0.717, 1.165) is 67.8 Å². The van der Waals surface area contributed by atoms with Crippen LogP contribution < -0.4 is 9.64 Å². The number of aromatic hydroxyl groups is 1. The van der Waals surface area contributed by atoms with Crippen molar-refractivity contribution in [2.24, 2.45) is 0 Å². The van der Waals surface area contributed by atoms with Gasteiger partial charge in [-0.2, -0.15) is 9.97 Å². The lowest BCUT2D eigenvalue weighted by Crippen LogP contribution is -2.57. The highest BCUT2D eigenvalue weighted by Gasteiger charge is 2.49. The van der Waals surface area contributed by atoms with Crippen LogP contribution in [0, 0.1) is 18.2 Å². The number of hydrogen-bond acceptors (Lipinski definition) is 8. The lowest BCUT2D eigenvalue weighted by Gasteiger charge is -2.42. The molecule has 2 aromatic carbocycles. The number of hydrogen-bond donors (Lipinski definition) is 2. The maximum absolute atomic E-state index is 14.9. The largest absolute Gasteiger partial charge is 0.508 e. The Morgan fingerprint density at radius 1 is 1.21 bits per heavy atom. The SMILES string of the molecule is C#Cc1c(F)ccc2cc(O)cc([C@@H]3CCc4c(nc(OCC56CCCN5CCC6)nc4N4C[C@@H]5C[C@@H](O)[C@H](C4)N5C(=O)C=C)C3)c12. The molecule has 1 aliphatic carbocycles. The van der Waals surface area contributed by atoms with Crippen LogP contribution in [0.2, 0.25) is 0 Å². The van der Waals surface area contributed by atoms with Gasteiger partial charge in [-0.15, -0.1) is 6.42 Å². The number of anilines is 1. The first-order valence-corrected chi connectivity index (χ1v) is 16.9. The first-order valence-electron chi connectivity index (χ1n) is 16.9. The molecule has 1 aromatic heterocycles. The molecular weight excluding hydrogens is 597 g/mol. The Kier molecular flexibility index (Phi) is 7.38. The average Bonchev–Trinajstić information content (AvgIpc) is 3.71. The fourth-order valence-electron chi connectivity index (χ4n) is 9.30. The monoisotopic (exact) mass is 637 g/mol. The number of carbonyl (C=O) groups is 1.